The summed E-state index contributed by atoms with van der Waals surface area (Å²) >= 11 is 0. The number of ether oxygens (including phenoxy) is 4. The van der Waals surface area contributed by atoms with Crippen LogP contribution in [0.15, 0.2) is 24.3 Å². The Bertz CT molecular complexity index is 390. The summed E-state index contributed by atoms with van der Waals surface area (Å²) in [6.07, 6.45) is 0.881. The summed E-state index contributed by atoms with van der Waals surface area (Å²) < 4.78 is 21.0. The Labute approximate surface area is 124 Å². The van der Waals surface area contributed by atoms with Gasteiger partial charge < -0.3 is 24.1 Å². The first-order valence-electron chi connectivity index (χ1n) is 6.84. The van der Waals surface area contributed by atoms with Crippen LogP contribution in [0.5, 0.6) is 5.75 Å². The van der Waals surface area contributed by atoms with E-state index in [4.69, 9.17) is 24.1 Å². The standard InChI is InChI=1S/C15H22O6/c1-18-7-2-8-19-9-10-20-11-12-21-14-5-3-13(4-6-14)15(16)17/h3-6H,2,7-12H2,1H3,(H,16,17). The number of carboxylic acids is 1. The fraction of sp³-hybridized carbons (Fsp3) is 0.533. The highest BCUT2D eigenvalue weighted by molar-refractivity contribution is 5.87. The molecule has 0 saturated carbocycles. The van der Waals surface area contributed by atoms with Gasteiger partial charge in [-0.25, -0.2) is 4.79 Å². The lowest BCUT2D eigenvalue weighted by Gasteiger charge is -2.08. The van der Waals surface area contributed by atoms with Gasteiger partial charge in [0.25, 0.3) is 0 Å². The molecular formula is C15H22O6. The molecule has 1 aromatic carbocycles. The molecule has 1 aromatic rings. The van der Waals surface area contributed by atoms with Gasteiger partial charge in [0.15, 0.2) is 0 Å². The lowest BCUT2D eigenvalue weighted by Crippen LogP contribution is -2.11. The number of carbonyl (C=O) groups is 1. The topological polar surface area (TPSA) is 74.2 Å². The van der Waals surface area contributed by atoms with E-state index >= 15 is 0 Å². The molecule has 0 aliphatic rings. The van der Waals surface area contributed by atoms with E-state index in [-0.39, 0.29) is 5.56 Å². The number of hydrogen-bond donors (Lipinski definition) is 1. The van der Waals surface area contributed by atoms with Crippen molar-refractivity contribution in [1.82, 2.24) is 0 Å². The van der Waals surface area contributed by atoms with Gasteiger partial charge in [-0.2, -0.15) is 0 Å². The van der Waals surface area contributed by atoms with Crippen LogP contribution in [0.4, 0.5) is 0 Å². The van der Waals surface area contributed by atoms with Gasteiger partial charge in [0.1, 0.15) is 12.4 Å². The van der Waals surface area contributed by atoms with Gasteiger partial charge in [0, 0.05) is 20.3 Å². The quantitative estimate of drug-likeness (QED) is 0.593. The van der Waals surface area contributed by atoms with Crippen molar-refractivity contribution in [2.75, 3.05) is 46.8 Å². The Balaban J connectivity index is 1.98. The van der Waals surface area contributed by atoms with Crippen LogP contribution < -0.4 is 4.74 Å². The maximum Gasteiger partial charge on any atom is 0.335 e. The molecule has 6 nitrogen and oxygen atoms in total. The van der Waals surface area contributed by atoms with Crippen LogP contribution >= 0.6 is 0 Å². The summed E-state index contributed by atoms with van der Waals surface area (Å²) in [7, 11) is 1.67. The van der Waals surface area contributed by atoms with Crippen molar-refractivity contribution in [2.24, 2.45) is 0 Å². The average Bonchev–Trinajstić information content (AvgIpc) is 2.49. The van der Waals surface area contributed by atoms with Crippen LogP contribution in [0.3, 0.4) is 0 Å². The molecule has 0 aliphatic carbocycles. The van der Waals surface area contributed by atoms with Crippen molar-refractivity contribution in [3.8, 4) is 5.75 Å². The monoisotopic (exact) mass is 298 g/mol. The molecule has 0 fully saturated rings. The van der Waals surface area contributed by atoms with Crippen LogP contribution in [-0.4, -0.2) is 57.8 Å². The lowest BCUT2D eigenvalue weighted by molar-refractivity contribution is 0.0304. The Kier molecular flexibility index (Phi) is 9.19. The summed E-state index contributed by atoms with van der Waals surface area (Å²) in [5.41, 5.74) is 0.240. The minimum atomic E-state index is -0.949. The van der Waals surface area contributed by atoms with Crippen LogP contribution in [0.2, 0.25) is 0 Å². The van der Waals surface area contributed by atoms with E-state index in [2.05, 4.69) is 0 Å². The van der Waals surface area contributed by atoms with Crippen molar-refractivity contribution in [1.29, 1.82) is 0 Å². The average molecular weight is 298 g/mol. The van der Waals surface area contributed by atoms with Crippen LogP contribution in [0, 0.1) is 0 Å². The summed E-state index contributed by atoms with van der Waals surface area (Å²) in [5, 5.41) is 8.76. The molecule has 6 heteroatoms. The van der Waals surface area contributed by atoms with E-state index in [0.29, 0.717) is 45.4 Å². The Morgan fingerprint density at radius 3 is 2.19 bits per heavy atom. The zero-order valence-electron chi connectivity index (χ0n) is 12.2. The third-order valence-corrected chi connectivity index (χ3v) is 2.61. The minimum absolute atomic E-state index is 0.240. The Morgan fingerprint density at radius 1 is 0.952 bits per heavy atom. The summed E-state index contributed by atoms with van der Waals surface area (Å²) in [4.78, 5) is 10.7. The molecule has 118 valence electrons. The van der Waals surface area contributed by atoms with Gasteiger partial charge >= 0.3 is 5.97 Å². The molecule has 1 N–H and O–H groups in total. The summed E-state index contributed by atoms with van der Waals surface area (Å²) in [6.45, 7) is 3.32. The lowest BCUT2D eigenvalue weighted by atomic mass is 10.2. The molecule has 0 bridgehead atoms. The Morgan fingerprint density at radius 2 is 1.57 bits per heavy atom. The number of rotatable bonds is 12. The van der Waals surface area contributed by atoms with Gasteiger partial charge in [-0.3, -0.25) is 0 Å². The van der Waals surface area contributed by atoms with Crippen molar-refractivity contribution in [3.63, 3.8) is 0 Å². The number of methoxy groups -OCH3 is 1. The number of benzene rings is 1. The highest BCUT2D eigenvalue weighted by Crippen LogP contribution is 2.11. The third kappa shape index (κ3) is 8.29. The van der Waals surface area contributed by atoms with Gasteiger partial charge in [-0.05, 0) is 30.7 Å². The molecule has 0 amide bonds. The molecule has 0 spiro atoms. The zero-order valence-corrected chi connectivity index (χ0v) is 12.2. The van der Waals surface area contributed by atoms with Crippen molar-refractivity contribution in [3.05, 3.63) is 29.8 Å². The second-order valence-electron chi connectivity index (χ2n) is 4.25. The SMILES string of the molecule is COCCCOCCOCCOc1ccc(C(=O)O)cc1. The molecule has 0 unspecified atom stereocenters. The molecular weight excluding hydrogens is 276 g/mol. The van der Waals surface area contributed by atoms with Crippen molar-refractivity contribution < 1.29 is 28.8 Å². The number of carboxylic acid groups (broad SMARTS) is 1. The van der Waals surface area contributed by atoms with E-state index in [1.54, 1.807) is 19.2 Å². The minimum Gasteiger partial charge on any atom is -0.491 e. The molecule has 1 rings (SSSR count). The number of aromatic carboxylic acids is 1. The van der Waals surface area contributed by atoms with E-state index < -0.39 is 5.97 Å². The van der Waals surface area contributed by atoms with E-state index in [1.807, 2.05) is 0 Å². The van der Waals surface area contributed by atoms with Crippen molar-refractivity contribution in [2.45, 2.75) is 6.42 Å². The maximum atomic E-state index is 10.7. The highest BCUT2D eigenvalue weighted by atomic mass is 16.5. The van der Waals surface area contributed by atoms with E-state index in [1.165, 1.54) is 12.1 Å². The molecule has 21 heavy (non-hydrogen) atoms. The first-order chi connectivity index (χ1) is 10.2. The maximum absolute atomic E-state index is 10.7. The second-order valence-corrected chi connectivity index (χ2v) is 4.25. The van der Waals surface area contributed by atoms with Crippen LogP contribution in [0.1, 0.15) is 16.8 Å². The first kappa shape index (κ1) is 17.4. The largest absolute Gasteiger partial charge is 0.491 e. The van der Waals surface area contributed by atoms with Crippen molar-refractivity contribution >= 4 is 5.97 Å². The fourth-order valence-corrected chi connectivity index (χ4v) is 1.54. The summed E-state index contributed by atoms with van der Waals surface area (Å²) in [5.74, 6) is -0.324. The second kappa shape index (κ2) is 11.1. The first-order valence-corrected chi connectivity index (χ1v) is 6.84. The predicted octanol–water partition coefficient (Wildman–Crippen LogP) is 1.83. The zero-order chi connectivity index (χ0) is 15.3. The van der Waals surface area contributed by atoms with Gasteiger partial charge in [-0.15, -0.1) is 0 Å². The van der Waals surface area contributed by atoms with Gasteiger partial charge in [0.2, 0.25) is 0 Å². The molecule has 0 aromatic heterocycles. The molecule has 0 atom stereocenters. The van der Waals surface area contributed by atoms with Gasteiger partial charge in [0.05, 0.1) is 25.4 Å². The smallest absolute Gasteiger partial charge is 0.335 e. The Hall–Kier alpha value is -1.63. The molecule has 0 radical (unpaired) electrons. The van der Waals surface area contributed by atoms with E-state index in [9.17, 15) is 4.79 Å². The van der Waals surface area contributed by atoms with Gasteiger partial charge in [-0.1, -0.05) is 0 Å². The third-order valence-electron chi connectivity index (χ3n) is 2.61. The van der Waals surface area contributed by atoms with Crippen LogP contribution in [0.25, 0.3) is 0 Å². The molecule has 0 heterocycles. The van der Waals surface area contributed by atoms with E-state index in [0.717, 1.165) is 6.42 Å². The number of hydrogen-bond acceptors (Lipinski definition) is 5. The predicted molar refractivity (Wildman–Crippen MR) is 77.0 cm³/mol. The molecule has 0 saturated heterocycles. The normalized spacial score (nSPS) is 10.5. The molecule has 0 aliphatic heterocycles. The summed E-state index contributed by atoms with van der Waals surface area (Å²) in [6, 6.07) is 6.27. The highest BCUT2D eigenvalue weighted by Gasteiger charge is 2.01. The van der Waals surface area contributed by atoms with Crippen LogP contribution in [-0.2, 0) is 14.2 Å². The fourth-order valence-electron chi connectivity index (χ4n) is 1.54.